The van der Waals surface area contributed by atoms with Gasteiger partial charge in [-0.2, -0.15) is 13.2 Å². The minimum atomic E-state index is -4.42. The molecular formula is C20H19F3N2O2. The Balaban J connectivity index is 1.70. The summed E-state index contributed by atoms with van der Waals surface area (Å²) >= 11 is 0. The van der Waals surface area contributed by atoms with Gasteiger partial charge in [0.15, 0.2) is 0 Å². The summed E-state index contributed by atoms with van der Waals surface area (Å²) in [4.78, 5) is 26.4. The van der Waals surface area contributed by atoms with E-state index in [0.29, 0.717) is 0 Å². The highest BCUT2D eigenvalue weighted by Crippen LogP contribution is 2.31. The number of alkyl halides is 3. The maximum Gasteiger partial charge on any atom is 0.416 e. The van der Waals surface area contributed by atoms with Gasteiger partial charge in [0.05, 0.1) is 11.5 Å². The first kappa shape index (κ1) is 18.9. The maximum absolute atomic E-state index is 12.6. The van der Waals surface area contributed by atoms with Crippen LogP contribution in [0.3, 0.4) is 0 Å². The molecule has 2 amide bonds. The number of carbonyl (C=O) groups excluding carboxylic acids is 2. The number of carbonyl (C=O) groups is 2. The van der Waals surface area contributed by atoms with E-state index in [2.05, 4.69) is 5.32 Å². The van der Waals surface area contributed by atoms with Crippen LogP contribution in [0.4, 0.5) is 24.5 Å². The van der Waals surface area contributed by atoms with Gasteiger partial charge in [-0.25, -0.2) is 0 Å². The molecule has 4 nitrogen and oxygen atoms in total. The van der Waals surface area contributed by atoms with Gasteiger partial charge >= 0.3 is 6.18 Å². The molecule has 1 aliphatic rings. The Morgan fingerprint density at radius 2 is 1.78 bits per heavy atom. The summed E-state index contributed by atoms with van der Waals surface area (Å²) in [6.45, 7) is 4.12. The number of hydrogen-bond donors (Lipinski definition) is 1. The smallest absolute Gasteiger partial charge is 0.326 e. The van der Waals surface area contributed by atoms with E-state index in [1.807, 2.05) is 32.0 Å². The molecule has 1 fully saturated rings. The predicted molar refractivity (Wildman–Crippen MR) is 96.4 cm³/mol. The van der Waals surface area contributed by atoms with E-state index in [4.69, 9.17) is 0 Å². The number of rotatable bonds is 3. The first-order valence-electron chi connectivity index (χ1n) is 8.51. The topological polar surface area (TPSA) is 49.4 Å². The summed E-state index contributed by atoms with van der Waals surface area (Å²) in [7, 11) is 0. The normalized spacial score (nSPS) is 17.3. The Morgan fingerprint density at radius 1 is 1.11 bits per heavy atom. The van der Waals surface area contributed by atoms with Crippen molar-refractivity contribution in [3.8, 4) is 0 Å². The Hall–Kier alpha value is -2.83. The van der Waals surface area contributed by atoms with E-state index in [9.17, 15) is 22.8 Å². The lowest BCUT2D eigenvalue weighted by molar-refractivity contribution is -0.137. The fourth-order valence-corrected chi connectivity index (χ4v) is 3.13. The summed E-state index contributed by atoms with van der Waals surface area (Å²) in [5, 5.41) is 2.60. The fourth-order valence-electron chi connectivity index (χ4n) is 3.13. The van der Waals surface area contributed by atoms with Gasteiger partial charge in [-0.1, -0.05) is 12.1 Å². The quantitative estimate of drug-likeness (QED) is 0.868. The molecule has 0 aromatic heterocycles. The molecule has 0 bridgehead atoms. The molecule has 1 unspecified atom stereocenters. The predicted octanol–water partition coefficient (Wildman–Crippen LogP) is 4.31. The summed E-state index contributed by atoms with van der Waals surface area (Å²) in [5.74, 6) is -1.08. The van der Waals surface area contributed by atoms with Crippen molar-refractivity contribution in [1.82, 2.24) is 0 Å². The number of nitrogens with zero attached hydrogens (tertiary/aromatic N) is 1. The van der Waals surface area contributed by atoms with Gasteiger partial charge in [-0.15, -0.1) is 0 Å². The van der Waals surface area contributed by atoms with Gasteiger partial charge < -0.3 is 10.2 Å². The molecule has 2 aromatic carbocycles. The molecule has 1 atom stereocenters. The van der Waals surface area contributed by atoms with Crippen molar-refractivity contribution in [1.29, 1.82) is 0 Å². The molecule has 1 aliphatic heterocycles. The van der Waals surface area contributed by atoms with Gasteiger partial charge in [0.2, 0.25) is 11.8 Å². The number of halogens is 3. The average molecular weight is 376 g/mol. The minimum Gasteiger partial charge on any atom is -0.326 e. The number of aryl methyl sites for hydroxylation is 1. The second-order valence-electron chi connectivity index (χ2n) is 6.69. The van der Waals surface area contributed by atoms with Gasteiger partial charge in [0, 0.05) is 24.3 Å². The molecule has 1 N–H and O–H groups in total. The first-order chi connectivity index (χ1) is 12.7. The zero-order valence-corrected chi connectivity index (χ0v) is 14.9. The molecule has 3 rings (SSSR count). The molecule has 7 heteroatoms. The van der Waals surface area contributed by atoms with Crippen molar-refractivity contribution in [2.24, 2.45) is 5.92 Å². The van der Waals surface area contributed by atoms with E-state index >= 15 is 0 Å². The Morgan fingerprint density at radius 3 is 2.41 bits per heavy atom. The summed E-state index contributed by atoms with van der Waals surface area (Å²) in [5.41, 5.74) is 2.31. The van der Waals surface area contributed by atoms with Gasteiger partial charge in [-0.3, -0.25) is 9.59 Å². The molecule has 1 heterocycles. The largest absolute Gasteiger partial charge is 0.416 e. The fraction of sp³-hybridized carbons (Fsp3) is 0.300. The number of benzene rings is 2. The Bertz CT molecular complexity index is 876. The Kier molecular flexibility index (Phi) is 4.95. The number of anilines is 2. The van der Waals surface area contributed by atoms with E-state index in [0.717, 1.165) is 28.9 Å². The van der Waals surface area contributed by atoms with Crippen LogP contribution in [0.1, 0.15) is 23.1 Å². The standard InChI is InChI=1S/C20H19F3N2O2/c1-12-4-3-5-17(13(12)2)25-11-14(10-18(25)26)19(27)24-16-8-6-15(7-9-16)20(21,22)23/h3-9,14H,10-11H2,1-2H3,(H,24,27). The third kappa shape index (κ3) is 3.97. The summed E-state index contributed by atoms with van der Waals surface area (Å²) in [6, 6.07) is 9.90. The Labute approximate surface area is 155 Å². The molecule has 27 heavy (non-hydrogen) atoms. The lowest BCUT2D eigenvalue weighted by Crippen LogP contribution is -2.28. The molecule has 0 saturated carbocycles. The number of nitrogens with one attached hydrogen (secondary N) is 1. The van der Waals surface area contributed by atoms with Crippen molar-refractivity contribution in [2.45, 2.75) is 26.4 Å². The molecule has 1 saturated heterocycles. The van der Waals surface area contributed by atoms with Crippen LogP contribution in [0.15, 0.2) is 42.5 Å². The van der Waals surface area contributed by atoms with Crippen molar-refractivity contribution < 1.29 is 22.8 Å². The molecule has 0 aliphatic carbocycles. The monoisotopic (exact) mass is 376 g/mol. The lowest BCUT2D eigenvalue weighted by Gasteiger charge is -2.20. The van der Waals surface area contributed by atoms with Crippen LogP contribution in [0.25, 0.3) is 0 Å². The molecule has 142 valence electrons. The van der Waals surface area contributed by atoms with Gasteiger partial charge in [0.1, 0.15) is 0 Å². The first-order valence-corrected chi connectivity index (χ1v) is 8.51. The SMILES string of the molecule is Cc1cccc(N2CC(C(=O)Nc3ccc(C(F)(F)F)cc3)CC2=O)c1C. The van der Waals surface area contributed by atoms with Crippen LogP contribution in [0.2, 0.25) is 0 Å². The van der Waals surface area contributed by atoms with E-state index < -0.39 is 17.7 Å². The van der Waals surface area contributed by atoms with Crippen LogP contribution in [0, 0.1) is 19.8 Å². The lowest BCUT2D eigenvalue weighted by atomic mass is 10.1. The van der Waals surface area contributed by atoms with E-state index in [1.54, 1.807) is 4.90 Å². The van der Waals surface area contributed by atoms with Crippen molar-refractivity contribution in [3.05, 3.63) is 59.2 Å². The molecule has 0 radical (unpaired) electrons. The zero-order valence-electron chi connectivity index (χ0n) is 14.9. The second kappa shape index (κ2) is 7.06. The third-order valence-corrected chi connectivity index (χ3v) is 4.84. The molecule has 0 spiro atoms. The highest BCUT2D eigenvalue weighted by molar-refractivity contribution is 6.03. The molecular weight excluding hydrogens is 357 g/mol. The minimum absolute atomic E-state index is 0.0693. The van der Waals surface area contributed by atoms with Crippen LogP contribution in [0.5, 0.6) is 0 Å². The third-order valence-electron chi connectivity index (χ3n) is 4.84. The van der Waals surface area contributed by atoms with Gasteiger partial charge in [0.25, 0.3) is 0 Å². The summed E-state index contributed by atoms with van der Waals surface area (Å²) < 4.78 is 37.8. The van der Waals surface area contributed by atoms with E-state index in [1.165, 1.54) is 12.1 Å². The average Bonchev–Trinajstić information content (AvgIpc) is 2.99. The van der Waals surface area contributed by atoms with Crippen molar-refractivity contribution >= 4 is 23.2 Å². The number of amides is 2. The maximum atomic E-state index is 12.6. The summed E-state index contributed by atoms with van der Waals surface area (Å²) in [6.07, 6.45) is -4.35. The van der Waals surface area contributed by atoms with Crippen molar-refractivity contribution in [2.75, 3.05) is 16.8 Å². The van der Waals surface area contributed by atoms with Gasteiger partial charge in [-0.05, 0) is 55.3 Å². The number of hydrogen-bond acceptors (Lipinski definition) is 2. The zero-order chi connectivity index (χ0) is 19.8. The molecule has 2 aromatic rings. The highest BCUT2D eigenvalue weighted by Gasteiger charge is 2.36. The van der Waals surface area contributed by atoms with Crippen molar-refractivity contribution in [3.63, 3.8) is 0 Å². The highest BCUT2D eigenvalue weighted by atomic mass is 19.4. The second-order valence-corrected chi connectivity index (χ2v) is 6.69. The van der Waals surface area contributed by atoms with Crippen LogP contribution < -0.4 is 10.2 Å². The van der Waals surface area contributed by atoms with E-state index in [-0.39, 0.29) is 30.5 Å². The van der Waals surface area contributed by atoms with Crippen LogP contribution in [-0.4, -0.2) is 18.4 Å². The van der Waals surface area contributed by atoms with Crippen LogP contribution >= 0.6 is 0 Å². The van der Waals surface area contributed by atoms with Crippen LogP contribution in [-0.2, 0) is 15.8 Å².